The number of aromatic amines is 1. The minimum atomic E-state index is -3.20. The average molecular weight is 522 g/mol. The van der Waals surface area contributed by atoms with E-state index < -0.39 is 25.1 Å². The largest absolute Gasteiger partial charge is 0.390 e. The zero-order chi connectivity index (χ0) is 25.3. The third-order valence-corrected chi connectivity index (χ3v) is 8.38. The Morgan fingerprint density at radius 2 is 2.14 bits per heavy atom. The van der Waals surface area contributed by atoms with Crippen molar-refractivity contribution in [1.82, 2.24) is 19.8 Å². The summed E-state index contributed by atoms with van der Waals surface area (Å²) in [5, 5.41) is 14.7. The number of H-pyrrole nitrogens is 1. The molecule has 6 nitrogen and oxygen atoms in total. The molecule has 1 aromatic carbocycles. The molecule has 0 saturated carbocycles. The Labute approximate surface area is 213 Å². The van der Waals surface area contributed by atoms with E-state index in [-0.39, 0.29) is 18.8 Å². The predicted molar refractivity (Wildman–Crippen MR) is 138 cm³/mol. The molecular formula is C26H34F3N5OS. The fraction of sp³-hybridized carbons (Fsp3) is 0.577. The van der Waals surface area contributed by atoms with Gasteiger partial charge in [-0.3, -0.25) is 9.29 Å². The van der Waals surface area contributed by atoms with Crippen molar-refractivity contribution in [3.05, 3.63) is 46.6 Å². The summed E-state index contributed by atoms with van der Waals surface area (Å²) < 4.78 is 41.5. The lowest BCUT2D eigenvalue weighted by Crippen LogP contribution is -2.49. The van der Waals surface area contributed by atoms with Crippen LogP contribution < -0.4 is 5.32 Å². The van der Waals surface area contributed by atoms with E-state index >= 15 is 0 Å². The number of hydrogen-bond donors (Lipinski definition) is 3. The zero-order valence-electron chi connectivity index (χ0n) is 20.5. The van der Waals surface area contributed by atoms with Gasteiger partial charge in [-0.05, 0) is 50.8 Å². The predicted octanol–water partition coefficient (Wildman–Crippen LogP) is 4.82. The van der Waals surface area contributed by atoms with Gasteiger partial charge in [0.1, 0.15) is 6.61 Å². The van der Waals surface area contributed by atoms with Crippen molar-refractivity contribution in [3.8, 4) is 0 Å². The second-order valence-electron chi connectivity index (χ2n) is 10.1. The minimum absolute atomic E-state index is 0.139. The lowest BCUT2D eigenvalue weighted by Gasteiger charge is -2.41. The number of likely N-dealkylation sites (tertiary alicyclic amines) is 1. The van der Waals surface area contributed by atoms with E-state index in [0.29, 0.717) is 12.8 Å². The molecule has 0 aliphatic carbocycles. The Kier molecular flexibility index (Phi) is 7.57. The molecule has 2 aromatic heterocycles. The van der Waals surface area contributed by atoms with Crippen LogP contribution in [0.4, 0.5) is 18.3 Å². The maximum absolute atomic E-state index is 14.5. The number of piperidine rings is 1. The topological polar surface area (TPSA) is 67.4 Å². The molecule has 2 aliphatic rings. The number of fused-ring (bicyclic) bond motifs is 3. The SMILES string of the molecule is C[C@@H]1Cc2c([nH]c3ccccc23)[C@@H](c2cnc(N[C@@H]3CCCN(CCCF)C3)s2)N1CC(F)(F)CO. The van der Waals surface area contributed by atoms with Gasteiger partial charge in [0.05, 0.1) is 19.3 Å². The van der Waals surface area contributed by atoms with Crippen molar-refractivity contribution in [1.29, 1.82) is 0 Å². The molecule has 10 heteroatoms. The van der Waals surface area contributed by atoms with E-state index in [4.69, 9.17) is 0 Å². The molecule has 3 atom stereocenters. The maximum Gasteiger partial charge on any atom is 0.283 e. The summed E-state index contributed by atoms with van der Waals surface area (Å²) in [6.45, 7) is 2.55. The molecule has 0 bridgehead atoms. The van der Waals surface area contributed by atoms with Crippen molar-refractivity contribution in [3.63, 3.8) is 0 Å². The number of aliphatic hydroxyl groups is 1. The molecule has 196 valence electrons. The summed E-state index contributed by atoms with van der Waals surface area (Å²) in [5.74, 6) is -3.20. The number of anilines is 1. The van der Waals surface area contributed by atoms with Gasteiger partial charge in [0.2, 0.25) is 0 Å². The Hall–Kier alpha value is -2.14. The van der Waals surface area contributed by atoms with Gasteiger partial charge in [0.25, 0.3) is 5.92 Å². The van der Waals surface area contributed by atoms with Crippen molar-refractivity contribution >= 4 is 27.4 Å². The number of para-hydroxylation sites is 1. The van der Waals surface area contributed by atoms with E-state index in [9.17, 15) is 18.3 Å². The quantitative estimate of drug-likeness (QED) is 0.377. The van der Waals surface area contributed by atoms with Gasteiger partial charge in [-0.25, -0.2) is 13.8 Å². The Morgan fingerprint density at radius 1 is 1.31 bits per heavy atom. The standard InChI is InChI=1S/C26H34F3N5OS/c1-17-12-20-19-7-2-3-8-21(19)32-23(20)24(34(17)15-26(28,29)16-35)22-13-30-25(36-22)31-18-6-4-10-33(14-18)11-5-9-27/h2-3,7-8,13,17-18,24,32,35H,4-6,9-12,14-16H2,1H3,(H,30,31)/t17-,18-,24-/m1/s1. The molecule has 1 saturated heterocycles. The monoisotopic (exact) mass is 521 g/mol. The van der Waals surface area contributed by atoms with E-state index in [1.165, 1.54) is 11.3 Å². The van der Waals surface area contributed by atoms with Crippen LogP contribution in [0.1, 0.15) is 48.4 Å². The van der Waals surface area contributed by atoms with E-state index in [1.54, 1.807) is 11.1 Å². The minimum Gasteiger partial charge on any atom is -0.390 e. The number of hydrogen-bond acceptors (Lipinski definition) is 6. The molecule has 1 fully saturated rings. The van der Waals surface area contributed by atoms with E-state index in [0.717, 1.165) is 64.6 Å². The first-order valence-corrected chi connectivity index (χ1v) is 13.5. The van der Waals surface area contributed by atoms with Crippen LogP contribution in [-0.2, 0) is 6.42 Å². The van der Waals surface area contributed by atoms with Gasteiger partial charge in [-0.1, -0.05) is 18.2 Å². The Morgan fingerprint density at radius 3 is 2.94 bits per heavy atom. The summed E-state index contributed by atoms with van der Waals surface area (Å²) in [6.07, 6.45) is 5.05. The number of nitrogens with zero attached hydrogens (tertiary/aromatic N) is 3. The van der Waals surface area contributed by atoms with Crippen molar-refractivity contribution < 1.29 is 18.3 Å². The third-order valence-electron chi connectivity index (χ3n) is 7.40. The zero-order valence-corrected chi connectivity index (χ0v) is 21.3. The molecule has 0 radical (unpaired) electrons. The number of aromatic nitrogens is 2. The van der Waals surface area contributed by atoms with Gasteiger partial charge in [0, 0.05) is 52.8 Å². The molecule has 36 heavy (non-hydrogen) atoms. The highest BCUT2D eigenvalue weighted by molar-refractivity contribution is 7.15. The van der Waals surface area contributed by atoms with Crippen LogP contribution in [0.25, 0.3) is 10.9 Å². The van der Waals surface area contributed by atoms with Crippen molar-refractivity contribution in [2.75, 3.05) is 44.8 Å². The van der Waals surface area contributed by atoms with Gasteiger partial charge in [-0.2, -0.15) is 0 Å². The fourth-order valence-electron chi connectivity index (χ4n) is 5.69. The molecule has 2 aliphatic heterocycles. The van der Waals surface area contributed by atoms with Crippen LogP contribution in [0.5, 0.6) is 0 Å². The Bertz CT molecular complexity index is 1170. The number of aliphatic hydroxyl groups excluding tert-OH is 1. The van der Waals surface area contributed by atoms with Crippen LogP contribution in [-0.4, -0.2) is 82.3 Å². The first kappa shape index (κ1) is 25.5. The molecule has 4 heterocycles. The number of benzene rings is 1. The first-order chi connectivity index (χ1) is 17.4. The van der Waals surface area contributed by atoms with Crippen molar-refractivity contribution in [2.24, 2.45) is 0 Å². The maximum atomic E-state index is 14.5. The fourth-order valence-corrected chi connectivity index (χ4v) is 6.72. The molecule has 0 spiro atoms. The van der Waals surface area contributed by atoms with Crippen molar-refractivity contribution in [2.45, 2.75) is 56.7 Å². The highest BCUT2D eigenvalue weighted by Crippen LogP contribution is 2.44. The molecule has 3 aromatic rings. The van der Waals surface area contributed by atoms with Gasteiger partial charge >= 0.3 is 0 Å². The lowest BCUT2D eigenvalue weighted by molar-refractivity contribution is -0.0862. The summed E-state index contributed by atoms with van der Waals surface area (Å²) in [4.78, 5) is 13.1. The number of halogens is 3. The van der Waals surface area contributed by atoms with E-state index in [2.05, 4.69) is 26.3 Å². The molecule has 0 unspecified atom stereocenters. The normalized spacial score (nSPS) is 23.8. The summed E-state index contributed by atoms with van der Waals surface area (Å²) in [5.41, 5.74) is 3.08. The van der Waals surface area contributed by atoms with Crippen LogP contribution in [0.15, 0.2) is 30.5 Å². The van der Waals surface area contributed by atoms with Gasteiger partial charge in [-0.15, -0.1) is 11.3 Å². The summed E-state index contributed by atoms with van der Waals surface area (Å²) in [6, 6.07) is 7.73. The highest BCUT2D eigenvalue weighted by atomic mass is 32.1. The number of rotatable bonds is 9. The smallest absolute Gasteiger partial charge is 0.283 e. The van der Waals surface area contributed by atoms with Crippen LogP contribution in [0.2, 0.25) is 0 Å². The van der Waals surface area contributed by atoms with Gasteiger partial charge in [0.15, 0.2) is 5.13 Å². The molecule has 0 amide bonds. The third kappa shape index (κ3) is 5.27. The van der Waals surface area contributed by atoms with E-state index in [1.807, 2.05) is 25.1 Å². The second kappa shape index (κ2) is 10.7. The lowest BCUT2D eigenvalue weighted by atomic mass is 9.91. The summed E-state index contributed by atoms with van der Waals surface area (Å²) >= 11 is 1.50. The van der Waals surface area contributed by atoms with Crippen LogP contribution in [0.3, 0.4) is 0 Å². The molecule has 3 N–H and O–H groups in total. The van der Waals surface area contributed by atoms with Gasteiger partial charge < -0.3 is 20.3 Å². The number of nitrogens with one attached hydrogen (secondary N) is 2. The number of thiazole rings is 1. The van der Waals surface area contributed by atoms with Crippen LogP contribution >= 0.6 is 11.3 Å². The average Bonchev–Trinajstić information content (AvgIpc) is 3.48. The summed E-state index contributed by atoms with van der Waals surface area (Å²) in [7, 11) is 0. The molecule has 5 rings (SSSR count). The first-order valence-electron chi connectivity index (χ1n) is 12.7. The highest BCUT2D eigenvalue weighted by Gasteiger charge is 2.42. The van der Waals surface area contributed by atoms with Crippen LogP contribution in [0, 0.1) is 0 Å². The Balaban J connectivity index is 1.43. The number of alkyl halides is 3. The second-order valence-corrected chi connectivity index (χ2v) is 11.2. The molecular weight excluding hydrogens is 487 g/mol.